The lowest BCUT2D eigenvalue weighted by molar-refractivity contribution is 0.210. The molecule has 0 saturated carbocycles. The molecule has 2 aliphatic carbocycles. The fourth-order valence-electron chi connectivity index (χ4n) is 3.79. The Bertz CT molecular complexity index is 355. The lowest BCUT2D eigenvalue weighted by atomic mass is 9.83. The minimum absolute atomic E-state index is 0.612. The molecule has 0 N–H and O–H groups in total. The highest BCUT2D eigenvalue weighted by atomic mass is 15.2. The third-order valence-electron chi connectivity index (χ3n) is 5.50. The molecule has 0 aromatic heterocycles. The molecule has 114 valence electrons. The molecule has 2 rings (SSSR count). The molecule has 0 saturated heterocycles. The van der Waals surface area contributed by atoms with Gasteiger partial charge in [-0.2, -0.15) is 0 Å². The fraction of sp³-hybridized carbons (Fsp3) is 0.789. The van der Waals surface area contributed by atoms with Crippen molar-refractivity contribution in [1.29, 1.82) is 0 Å². The third-order valence-corrected chi connectivity index (χ3v) is 5.50. The van der Waals surface area contributed by atoms with Crippen LogP contribution in [0.15, 0.2) is 23.8 Å². The van der Waals surface area contributed by atoms with Gasteiger partial charge in [0.25, 0.3) is 0 Å². The van der Waals surface area contributed by atoms with Gasteiger partial charge < -0.3 is 0 Å². The highest BCUT2D eigenvalue weighted by molar-refractivity contribution is 5.15. The van der Waals surface area contributed by atoms with Gasteiger partial charge in [0, 0.05) is 12.1 Å². The Balaban J connectivity index is 1.91. The van der Waals surface area contributed by atoms with Crippen molar-refractivity contribution >= 4 is 0 Å². The quantitative estimate of drug-likeness (QED) is 0.624. The van der Waals surface area contributed by atoms with E-state index in [-0.39, 0.29) is 0 Å². The minimum Gasteiger partial charge on any atom is -0.294 e. The zero-order chi connectivity index (χ0) is 14.5. The van der Waals surface area contributed by atoms with E-state index in [1.807, 2.05) is 0 Å². The van der Waals surface area contributed by atoms with Crippen LogP contribution in [0, 0.1) is 11.8 Å². The maximum absolute atomic E-state index is 2.59. The summed E-state index contributed by atoms with van der Waals surface area (Å²) < 4.78 is 0. The zero-order valence-corrected chi connectivity index (χ0v) is 13.9. The van der Waals surface area contributed by atoms with Crippen molar-refractivity contribution in [2.24, 2.45) is 11.8 Å². The molecule has 0 amide bonds. The van der Waals surface area contributed by atoms with Crippen LogP contribution in [-0.4, -0.2) is 24.0 Å². The first-order valence-electron chi connectivity index (χ1n) is 8.71. The fourth-order valence-corrected chi connectivity index (χ4v) is 3.79. The van der Waals surface area contributed by atoms with Gasteiger partial charge in [-0.1, -0.05) is 50.5 Å². The Hall–Kier alpha value is -0.560. The van der Waals surface area contributed by atoms with E-state index in [0.717, 1.165) is 11.8 Å². The third kappa shape index (κ3) is 3.97. The van der Waals surface area contributed by atoms with Gasteiger partial charge in [0.05, 0.1) is 0 Å². The molecule has 3 unspecified atom stereocenters. The molecule has 0 heterocycles. The minimum atomic E-state index is 0.612. The average molecular weight is 275 g/mol. The molecule has 4 atom stereocenters. The van der Waals surface area contributed by atoms with Crippen LogP contribution in [0.25, 0.3) is 0 Å². The van der Waals surface area contributed by atoms with Crippen molar-refractivity contribution in [2.75, 3.05) is 7.05 Å². The van der Waals surface area contributed by atoms with Crippen LogP contribution < -0.4 is 0 Å². The molecule has 1 heteroatoms. The second-order valence-corrected chi connectivity index (χ2v) is 7.06. The van der Waals surface area contributed by atoms with Crippen LogP contribution in [0.4, 0.5) is 0 Å². The van der Waals surface area contributed by atoms with E-state index < -0.39 is 0 Å². The molecule has 0 aromatic carbocycles. The number of rotatable bonds is 5. The van der Waals surface area contributed by atoms with Crippen LogP contribution in [0.2, 0.25) is 0 Å². The number of allylic oxidation sites excluding steroid dienone is 2. The number of hydrogen-bond donors (Lipinski definition) is 0. The Labute approximate surface area is 126 Å². The van der Waals surface area contributed by atoms with Gasteiger partial charge in [0.1, 0.15) is 0 Å². The summed E-state index contributed by atoms with van der Waals surface area (Å²) in [5.41, 5.74) is 1.69. The van der Waals surface area contributed by atoms with Crippen molar-refractivity contribution in [1.82, 2.24) is 4.90 Å². The summed E-state index contributed by atoms with van der Waals surface area (Å²) in [7, 11) is 2.31. The van der Waals surface area contributed by atoms with E-state index >= 15 is 0 Å². The molecule has 0 radical (unpaired) electrons. The smallest absolute Gasteiger partial charge is 0.0282 e. The summed E-state index contributed by atoms with van der Waals surface area (Å²) in [6.07, 6.45) is 16.9. The molecular formula is C19H33N. The van der Waals surface area contributed by atoms with Gasteiger partial charge in [-0.25, -0.2) is 0 Å². The highest BCUT2D eigenvalue weighted by Gasteiger charge is 2.25. The average Bonchev–Trinajstić information content (AvgIpc) is 2.48. The monoisotopic (exact) mass is 275 g/mol. The predicted octanol–water partition coefficient (Wildman–Crippen LogP) is 5.19. The summed E-state index contributed by atoms with van der Waals surface area (Å²) in [5.74, 6) is 1.73. The topological polar surface area (TPSA) is 3.24 Å². The van der Waals surface area contributed by atoms with E-state index in [1.165, 1.54) is 44.9 Å². The maximum atomic E-state index is 2.59. The van der Waals surface area contributed by atoms with Gasteiger partial charge in [0.2, 0.25) is 0 Å². The molecule has 0 aliphatic heterocycles. The van der Waals surface area contributed by atoms with Crippen LogP contribution in [0.3, 0.4) is 0 Å². The molecule has 2 aliphatic rings. The van der Waals surface area contributed by atoms with Crippen LogP contribution in [-0.2, 0) is 0 Å². The zero-order valence-electron chi connectivity index (χ0n) is 13.9. The first-order chi connectivity index (χ1) is 9.61. The summed E-state index contributed by atoms with van der Waals surface area (Å²) >= 11 is 0. The van der Waals surface area contributed by atoms with E-state index in [2.05, 4.69) is 50.9 Å². The van der Waals surface area contributed by atoms with Gasteiger partial charge in [-0.15, -0.1) is 0 Å². The molecule has 0 spiro atoms. The Morgan fingerprint density at radius 3 is 2.60 bits per heavy atom. The van der Waals surface area contributed by atoms with E-state index in [0.29, 0.717) is 12.1 Å². The first kappa shape index (κ1) is 15.8. The van der Waals surface area contributed by atoms with Gasteiger partial charge in [0.15, 0.2) is 0 Å². The standard InChI is InChI=1S/C19H33N/c1-5-6-17-9-11-18(12-10-17)16(3)20(4)19-13-7-15(2)8-14-19/h7,11,13,15-17,19H,5-6,8-10,12,14H2,1-4H3/t15?,16?,17-,19?/m0/s1. The predicted molar refractivity (Wildman–Crippen MR) is 88.9 cm³/mol. The van der Waals surface area contributed by atoms with E-state index in [9.17, 15) is 0 Å². The Morgan fingerprint density at radius 2 is 2.05 bits per heavy atom. The van der Waals surface area contributed by atoms with Crippen LogP contribution in [0.5, 0.6) is 0 Å². The van der Waals surface area contributed by atoms with Gasteiger partial charge in [-0.05, 0) is 57.9 Å². The van der Waals surface area contributed by atoms with E-state index in [4.69, 9.17) is 0 Å². The Kier molecular flexibility index (Phi) is 5.89. The van der Waals surface area contributed by atoms with Crippen LogP contribution >= 0.6 is 0 Å². The van der Waals surface area contributed by atoms with E-state index in [1.54, 1.807) is 5.57 Å². The van der Waals surface area contributed by atoms with Crippen molar-refractivity contribution < 1.29 is 0 Å². The van der Waals surface area contributed by atoms with Gasteiger partial charge >= 0.3 is 0 Å². The second-order valence-electron chi connectivity index (χ2n) is 7.06. The number of nitrogens with zero attached hydrogens (tertiary/aromatic N) is 1. The summed E-state index contributed by atoms with van der Waals surface area (Å²) in [6, 6.07) is 1.26. The molecule has 20 heavy (non-hydrogen) atoms. The lowest BCUT2D eigenvalue weighted by Crippen LogP contribution is -2.40. The van der Waals surface area contributed by atoms with Crippen molar-refractivity contribution in [3.63, 3.8) is 0 Å². The first-order valence-corrected chi connectivity index (χ1v) is 8.71. The van der Waals surface area contributed by atoms with Crippen molar-refractivity contribution in [2.45, 2.75) is 77.8 Å². The lowest BCUT2D eigenvalue weighted by Gasteiger charge is -2.37. The maximum Gasteiger partial charge on any atom is 0.0282 e. The van der Waals surface area contributed by atoms with Gasteiger partial charge in [-0.3, -0.25) is 4.90 Å². The molecule has 1 nitrogen and oxygen atoms in total. The SMILES string of the molecule is CCC[C@H]1CC=C(C(C)N(C)C2C=CC(C)CC2)CC1. The molecule has 0 aromatic rings. The van der Waals surface area contributed by atoms with Crippen molar-refractivity contribution in [3.05, 3.63) is 23.8 Å². The number of hydrogen-bond acceptors (Lipinski definition) is 1. The number of likely N-dealkylation sites (N-methyl/N-ethyl adjacent to an activating group) is 1. The molecule has 0 fully saturated rings. The largest absolute Gasteiger partial charge is 0.294 e. The van der Waals surface area contributed by atoms with Crippen LogP contribution in [0.1, 0.15) is 65.7 Å². The Morgan fingerprint density at radius 1 is 1.25 bits per heavy atom. The normalized spacial score (nSPS) is 32.2. The summed E-state index contributed by atoms with van der Waals surface area (Å²) in [5, 5.41) is 0. The molecular weight excluding hydrogens is 242 g/mol. The summed E-state index contributed by atoms with van der Waals surface area (Å²) in [4.78, 5) is 2.59. The summed E-state index contributed by atoms with van der Waals surface area (Å²) in [6.45, 7) is 7.04. The van der Waals surface area contributed by atoms with Crippen molar-refractivity contribution in [3.8, 4) is 0 Å². The highest BCUT2D eigenvalue weighted by Crippen LogP contribution is 2.31. The molecule has 0 bridgehead atoms. The second kappa shape index (κ2) is 7.45.